The van der Waals surface area contributed by atoms with Crippen LogP contribution < -0.4 is 5.32 Å². The molecule has 0 bridgehead atoms. The summed E-state index contributed by atoms with van der Waals surface area (Å²) in [6, 6.07) is 17.6. The molecule has 0 fully saturated rings. The molecule has 192 valence electrons. The van der Waals surface area contributed by atoms with Crippen molar-refractivity contribution in [1.82, 2.24) is 4.98 Å². The van der Waals surface area contributed by atoms with Crippen LogP contribution in [0, 0.1) is 0 Å². The summed E-state index contributed by atoms with van der Waals surface area (Å²) >= 11 is 0. The van der Waals surface area contributed by atoms with Gasteiger partial charge in [-0.1, -0.05) is 50.2 Å². The van der Waals surface area contributed by atoms with Crippen molar-refractivity contribution in [2.45, 2.75) is 20.0 Å². The summed E-state index contributed by atoms with van der Waals surface area (Å²) in [6.07, 6.45) is -3.21. The number of fused-ring (bicyclic) bond motifs is 1. The highest BCUT2D eigenvalue weighted by molar-refractivity contribution is 6.09. The number of carbonyl (C=O) groups is 2. The number of nitrogens with one attached hydrogen (secondary N) is 1. The smallest absolute Gasteiger partial charge is 0.416 e. The van der Waals surface area contributed by atoms with E-state index in [0.29, 0.717) is 33.3 Å². The molecule has 0 aliphatic carbocycles. The standard InChI is InChI=1S/C24H15F3N2O3.C4H10N/c25-24(26,27)17-8-5-14(6-9-17)19-3-1-2-4-20(19)22(30)29-18-10-7-15-11-16(23(31)32)13-28-21(15)12-18;1-3-5-4-2/h1-13H,(H,29,30)(H,31,32);3-4H2,1-2H3/q;-1. The zero-order valence-corrected chi connectivity index (χ0v) is 20.2. The van der Waals surface area contributed by atoms with Gasteiger partial charge in [-0.15, -0.1) is 0 Å². The normalized spacial score (nSPS) is 10.9. The van der Waals surface area contributed by atoms with Crippen LogP contribution in [0.25, 0.3) is 27.3 Å². The summed E-state index contributed by atoms with van der Waals surface area (Å²) in [5, 5.41) is 16.4. The number of alkyl halides is 3. The van der Waals surface area contributed by atoms with E-state index in [1.54, 1.807) is 42.5 Å². The molecule has 4 rings (SSSR count). The first-order valence-electron chi connectivity index (χ1n) is 11.5. The topological polar surface area (TPSA) is 93.4 Å². The molecule has 0 atom stereocenters. The molecular weight excluding hydrogens is 483 g/mol. The fourth-order valence-corrected chi connectivity index (χ4v) is 3.51. The van der Waals surface area contributed by atoms with Crippen LogP contribution in [0.1, 0.15) is 40.1 Å². The Labute approximate surface area is 212 Å². The van der Waals surface area contributed by atoms with Crippen LogP contribution in [0.5, 0.6) is 0 Å². The number of carboxylic acid groups (broad SMARTS) is 1. The summed E-state index contributed by atoms with van der Waals surface area (Å²) in [4.78, 5) is 28.1. The summed E-state index contributed by atoms with van der Waals surface area (Å²) in [5.41, 5.74) is 1.50. The van der Waals surface area contributed by atoms with E-state index in [1.165, 1.54) is 24.4 Å². The van der Waals surface area contributed by atoms with Gasteiger partial charge < -0.3 is 15.7 Å². The minimum Gasteiger partial charge on any atom is -0.663 e. The van der Waals surface area contributed by atoms with Crippen LogP contribution in [0.4, 0.5) is 18.9 Å². The Balaban J connectivity index is 0.000000695. The van der Waals surface area contributed by atoms with E-state index in [0.717, 1.165) is 25.2 Å². The number of aromatic nitrogens is 1. The van der Waals surface area contributed by atoms with E-state index in [9.17, 15) is 22.8 Å². The van der Waals surface area contributed by atoms with Gasteiger partial charge >= 0.3 is 12.1 Å². The predicted molar refractivity (Wildman–Crippen MR) is 138 cm³/mol. The fourth-order valence-electron chi connectivity index (χ4n) is 3.51. The molecule has 3 aromatic carbocycles. The molecule has 37 heavy (non-hydrogen) atoms. The van der Waals surface area contributed by atoms with Gasteiger partial charge in [-0.25, -0.2) is 4.79 Å². The molecule has 0 unspecified atom stereocenters. The third kappa shape index (κ3) is 7.14. The van der Waals surface area contributed by atoms with E-state index >= 15 is 0 Å². The molecule has 0 saturated carbocycles. The van der Waals surface area contributed by atoms with Crippen LogP contribution in [0.15, 0.2) is 79.0 Å². The Morgan fingerprint density at radius 1 is 0.946 bits per heavy atom. The molecular formula is C28H25F3N3O3-. The quantitative estimate of drug-likeness (QED) is 0.286. The van der Waals surface area contributed by atoms with Crippen molar-refractivity contribution in [2.75, 3.05) is 18.4 Å². The highest BCUT2D eigenvalue weighted by Crippen LogP contribution is 2.32. The van der Waals surface area contributed by atoms with Gasteiger partial charge in [-0.05, 0) is 47.5 Å². The minimum absolute atomic E-state index is 0.0553. The minimum atomic E-state index is -4.44. The monoisotopic (exact) mass is 508 g/mol. The molecule has 0 aliphatic heterocycles. The van der Waals surface area contributed by atoms with Gasteiger partial charge in [-0.2, -0.15) is 26.3 Å². The lowest BCUT2D eigenvalue weighted by Gasteiger charge is -2.12. The molecule has 0 radical (unpaired) electrons. The largest absolute Gasteiger partial charge is 0.663 e. The average Bonchev–Trinajstić information content (AvgIpc) is 2.88. The fraction of sp³-hybridized carbons (Fsp3) is 0.179. The van der Waals surface area contributed by atoms with Gasteiger partial charge in [0.05, 0.1) is 16.6 Å². The second-order valence-corrected chi connectivity index (χ2v) is 7.87. The van der Waals surface area contributed by atoms with Crippen molar-refractivity contribution in [3.63, 3.8) is 0 Å². The van der Waals surface area contributed by atoms with Crippen LogP contribution in [-0.4, -0.2) is 35.1 Å². The second kappa shape index (κ2) is 12.1. The average molecular weight is 509 g/mol. The Hall–Kier alpha value is -4.24. The van der Waals surface area contributed by atoms with E-state index in [-0.39, 0.29) is 5.56 Å². The number of aromatic carboxylic acids is 1. The predicted octanol–water partition coefficient (Wildman–Crippen LogP) is 7.27. The highest BCUT2D eigenvalue weighted by Gasteiger charge is 2.30. The Morgan fingerprint density at radius 2 is 1.62 bits per heavy atom. The number of rotatable bonds is 6. The maximum absolute atomic E-state index is 12.9. The van der Waals surface area contributed by atoms with Crippen LogP contribution >= 0.6 is 0 Å². The van der Waals surface area contributed by atoms with Crippen LogP contribution in [0.2, 0.25) is 0 Å². The van der Waals surface area contributed by atoms with Crippen molar-refractivity contribution in [3.05, 3.63) is 101 Å². The molecule has 0 saturated heterocycles. The van der Waals surface area contributed by atoms with Gasteiger partial charge in [0.25, 0.3) is 5.91 Å². The molecule has 0 spiro atoms. The Kier molecular flexibility index (Phi) is 8.97. The zero-order valence-electron chi connectivity index (χ0n) is 20.2. The molecule has 1 heterocycles. The second-order valence-electron chi connectivity index (χ2n) is 7.87. The number of hydrogen-bond donors (Lipinski definition) is 2. The highest BCUT2D eigenvalue weighted by atomic mass is 19.4. The number of carbonyl (C=O) groups excluding carboxylic acids is 1. The summed E-state index contributed by atoms with van der Waals surface area (Å²) < 4.78 is 38.5. The lowest BCUT2D eigenvalue weighted by atomic mass is 9.98. The zero-order chi connectivity index (χ0) is 27.0. The van der Waals surface area contributed by atoms with E-state index in [1.807, 2.05) is 13.8 Å². The molecule has 0 aliphatic rings. The molecule has 4 aromatic rings. The van der Waals surface area contributed by atoms with Gasteiger partial charge in [0, 0.05) is 22.8 Å². The SMILES string of the molecule is CC[N-]CC.O=C(O)c1cnc2cc(NC(=O)c3ccccc3-c3ccc(C(F)(F)F)cc3)ccc2c1. The molecule has 6 nitrogen and oxygen atoms in total. The van der Waals surface area contributed by atoms with E-state index in [2.05, 4.69) is 15.6 Å². The summed E-state index contributed by atoms with van der Waals surface area (Å²) in [7, 11) is 0. The van der Waals surface area contributed by atoms with Crippen molar-refractivity contribution in [1.29, 1.82) is 0 Å². The number of halogens is 3. The van der Waals surface area contributed by atoms with E-state index < -0.39 is 23.6 Å². The van der Waals surface area contributed by atoms with Gasteiger partial charge in [0.15, 0.2) is 0 Å². The van der Waals surface area contributed by atoms with E-state index in [4.69, 9.17) is 5.11 Å². The number of amides is 1. The maximum Gasteiger partial charge on any atom is 0.416 e. The maximum atomic E-state index is 12.9. The number of anilines is 1. The summed E-state index contributed by atoms with van der Waals surface area (Å²) in [6.45, 7) is 6.03. The van der Waals surface area contributed by atoms with Gasteiger partial charge in [-0.3, -0.25) is 9.78 Å². The first kappa shape index (κ1) is 27.3. The third-order valence-corrected chi connectivity index (χ3v) is 5.33. The number of carboxylic acids is 1. The molecule has 1 aromatic heterocycles. The molecule has 9 heteroatoms. The van der Waals surface area contributed by atoms with Crippen molar-refractivity contribution in [2.24, 2.45) is 0 Å². The van der Waals surface area contributed by atoms with Crippen LogP contribution in [0.3, 0.4) is 0 Å². The van der Waals surface area contributed by atoms with Gasteiger partial charge in [0.1, 0.15) is 0 Å². The van der Waals surface area contributed by atoms with Crippen molar-refractivity contribution < 1.29 is 27.9 Å². The number of nitrogens with zero attached hydrogens (tertiary/aromatic N) is 2. The first-order chi connectivity index (χ1) is 17.6. The van der Waals surface area contributed by atoms with Crippen LogP contribution in [-0.2, 0) is 6.18 Å². The lowest BCUT2D eigenvalue weighted by molar-refractivity contribution is -0.137. The Morgan fingerprint density at radius 3 is 2.22 bits per heavy atom. The number of pyridine rings is 1. The summed E-state index contributed by atoms with van der Waals surface area (Å²) in [5.74, 6) is -1.53. The Bertz CT molecular complexity index is 1390. The van der Waals surface area contributed by atoms with Crippen molar-refractivity contribution >= 4 is 28.5 Å². The first-order valence-corrected chi connectivity index (χ1v) is 11.5. The lowest BCUT2D eigenvalue weighted by Crippen LogP contribution is -2.13. The number of hydrogen-bond acceptors (Lipinski definition) is 3. The molecule has 1 amide bonds. The molecule has 2 N–H and O–H groups in total. The van der Waals surface area contributed by atoms with Gasteiger partial charge in [0.2, 0.25) is 0 Å². The van der Waals surface area contributed by atoms with Crippen molar-refractivity contribution in [3.8, 4) is 11.1 Å². The third-order valence-electron chi connectivity index (χ3n) is 5.33. The number of benzene rings is 3.